The van der Waals surface area contributed by atoms with Crippen molar-refractivity contribution in [3.05, 3.63) is 42.4 Å². The van der Waals surface area contributed by atoms with E-state index in [1.807, 2.05) is 10.6 Å². The third-order valence-corrected chi connectivity index (χ3v) is 2.77. The van der Waals surface area contributed by atoms with E-state index in [-0.39, 0.29) is 11.1 Å². The van der Waals surface area contributed by atoms with Crippen LogP contribution in [0.1, 0.15) is 31.1 Å². The molecule has 18 heavy (non-hydrogen) atoms. The molecule has 0 bridgehead atoms. The molecule has 0 aliphatic heterocycles. The lowest BCUT2D eigenvalue weighted by molar-refractivity contribution is 0.0697. The predicted molar refractivity (Wildman–Crippen MR) is 69.6 cm³/mol. The highest BCUT2D eigenvalue weighted by Crippen LogP contribution is 2.26. The second-order valence-electron chi connectivity index (χ2n) is 5.21. The maximum Gasteiger partial charge on any atom is 0.335 e. The monoisotopic (exact) mass is 244 g/mol. The number of hydrogen-bond donors (Lipinski definition) is 1. The van der Waals surface area contributed by atoms with E-state index in [0.717, 1.165) is 11.3 Å². The van der Waals surface area contributed by atoms with Gasteiger partial charge in [-0.3, -0.25) is 0 Å². The molecular weight excluding hydrogens is 228 g/mol. The van der Waals surface area contributed by atoms with Crippen LogP contribution in [0.3, 0.4) is 0 Å². The van der Waals surface area contributed by atoms with Crippen molar-refractivity contribution in [1.82, 2.24) is 9.55 Å². The second-order valence-corrected chi connectivity index (χ2v) is 5.21. The Morgan fingerprint density at radius 3 is 2.67 bits per heavy atom. The fraction of sp³-hybridized carbons (Fsp3) is 0.286. The van der Waals surface area contributed by atoms with Crippen LogP contribution in [-0.2, 0) is 5.54 Å². The molecule has 0 aliphatic rings. The number of benzene rings is 1. The first-order chi connectivity index (χ1) is 8.39. The van der Waals surface area contributed by atoms with Crippen LogP contribution >= 0.6 is 0 Å². The quantitative estimate of drug-likeness (QED) is 0.883. The van der Waals surface area contributed by atoms with Crippen LogP contribution in [0.5, 0.6) is 0 Å². The lowest BCUT2D eigenvalue weighted by Gasteiger charge is -2.23. The van der Waals surface area contributed by atoms with Gasteiger partial charge < -0.3 is 9.67 Å². The highest BCUT2D eigenvalue weighted by atomic mass is 16.4. The van der Waals surface area contributed by atoms with Crippen LogP contribution in [0.4, 0.5) is 0 Å². The van der Waals surface area contributed by atoms with Gasteiger partial charge in [0.1, 0.15) is 0 Å². The van der Waals surface area contributed by atoms with E-state index in [4.69, 9.17) is 5.11 Å². The van der Waals surface area contributed by atoms with Crippen molar-refractivity contribution in [3.8, 4) is 11.3 Å². The van der Waals surface area contributed by atoms with Crippen LogP contribution in [0.25, 0.3) is 11.3 Å². The molecule has 2 rings (SSSR count). The third-order valence-electron chi connectivity index (χ3n) is 2.77. The maximum absolute atomic E-state index is 11.0. The minimum absolute atomic E-state index is 0.0922. The van der Waals surface area contributed by atoms with Gasteiger partial charge >= 0.3 is 5.97 Å². The molecule has 4 heteroatoms. The predicted octanol–water partition coefficient (Wildman–Crippen LogP) is 3.00. The van der Waals surface area contributed by atoms with Gasteiger partial charge in [-0.15, -0.1) is 0 Å². The topological polar surface area (TPSA) is 55.1 Å². The Labute approximate surface area is 106 Å². The Morgan fingerprint density at radius 2 is 2.06 bits per heavy atom. The fourth-order valence-electron chi connectivity index (χ4n) is 1.85. The summed E-state index contributed by atoms with van der Waals surface area (Å²) in [4.78, 5) is 15.1. The van der Waals surface area contributed by atoms with E-state index in [2.05, 4.69) is 25.8 Å². The average molecular weight is 244 g/mol. The van der Waals surface area contributed by atoms with Crippen LogP contribution in [0, 0.1) is 0 Å². The van der Waals surface area contributed by atoms with Gasteiger partial charge in [-0.05, 0) is 32.9 Å². The summed E-state index contributed by atoms with van der Waals surface area (Å²) in [5.74, 6) is -0.918. The molecule has 0 saturated heterocycles. The zero-order chi connectivity index (χ0) is 13.3. The molecule has 0 aliphatic carbocycles. The highest BCUT2D eigenvalue weighted by Gasteiger charge is 2.17. The normalized spacial score (nSPS) is 11.5. The van der Waals surface area contributed by atoms with Gasteiger partial charge in [0.15, 0.2) is 0 Å². The Balaban J connectivity index is 2.53. The number of rotatable bonds is 2. The molecule has 0 fully saturated rings. The van der Waals surface area contributed by atoms with Gasteiger partial charge in [0.2, 0.25) is 0 Å². The van der Waals surface area contributed by atoms with Crippen molar-refractivity contribution in [3.63, 3.8) is 0 Å². The Morgan fingerprint density at radius 1 is 1.33 bits per heavy atom. The first kappa shape index (κ1) is 12.4. The van der Waals surface area contributed by atoms with Gasteiger partial charge in [-0.25, -0.2) is 9.78 Å². The molecule has 0 atom stereocenters. The molecule has 0 saturated carbocycles. The Kier molecular flexibility index (Phi) is 2.95. The summed E-state index contributed by atoms with van der Waals surface area (Å²) >= 11 is 0. The molecule has 0 unspecified atom stereocenters. The summed E-state index contributed by atoms with van der Waals surface area (Å²) in [5, 5.41) is 9.01. The van der Waals surface area contributed by atoms with Gasteiger partial charge in [0.25, 0.3) is 0 Å². The summed E-state index contributed by atoms with van der Waals surface area (Å²) in [7, 11) is 0. The number of aromatic nitrogens is 2. The number of hydrogen-bond acceptors (Lipinski definition) is 2. The van der Waals surface area contributed by atoms with E-state index < -0.39 is 5.97 Å². The SMILES string of the molecule is CC(C)(C)n1cncc1-c1cccc(C(=O)O)c1. The summed E-state index contributed by atoms with van der Waals surface area (Å²) in [6.45, 7) is 6.25. The van der Waals surface area contributed by atoms with E-state index in [0.29, 0.717) is 0 Å². The standard InChI is InChI=1S/C14H16N2O2/c1-14(2,3)16-9-15-8-12(16)10-5-4-6-11(7-10)13(17)18/h4-9H,1-3H3,(H,17,18). The zero-order valence-corrected chi connectivity index (χ0v) is 10.7. The number of carboxylic acid groups (broad SMARTS) is 1. The van der Waals surface area contributed by atoms with Gasteiger partial charge in [0, 0.05) is 11.1 Å². The minimum Gasteiger partial charge on any atom is -0.478 e. The van der Waals surface area contributed by atoms with Crippen molar-refractivity contribution in [2.45, 2.75) is 26.3 Å². The van der Waals surface area contributed by atoms with E-state index in [1.165, 1.54) is 0 Å². The van der Waals surface area contributed by atoms with Crippen LogP contribution < -0.4 is 0 Å². The van der Waals surface area contributed by atoms with Crippen LogP contribution in [-0.4, -0.2) is 20.6 Å². The van der Waals surface area contributed by atoms with E-state index >= 15 is 0 Å². The first-order valence-corrected chi connectivity index (χ1v) is 5.76. The molecule has 0 spiro atoms. The molecule has 1 N–H and O–H groups in total. The smallest absolute Gasteiger partial charge is 0.335 e. The highest BCUT2D eigenvalue weighted by molar-refractivity contribution is 5.89. The molecule has 1 heterocycles. The molecule has 4 nitrogen and oxygen atoms in total. The van der Waals surface area contributed by atoms with Crippen LogP contribution in [0.15, 0.2) is 36.8 Å². The fourth-order valence-corrected chi connectivity index (χ4v) is 1.85. The van der Waals surface area contributed by atoms with Gasteiger partial charge in [0.05, 0.1) is 23.8 Å². The van der Waals surface area contributed by atoms with Crippen LogP contribution in [0.2, 0.25) is 0 Å². The molecule has 1 aromatic heterocycles. The molecule has 2 aromatic rings. The molecular formula is C14H16N2O2. The van der Waals surface area contributed by atoms with Crippen molar-refractivity contribution in [2.24, 2.45) is 0 Å². The molecule has 94 valence electrons. The Bertz CT molecular complexity index is 579. The zero-order valence-electron chi connectivity index (χ0n) is 10.7. The Hall–Kier alpha value is -2.10. The number of carbonyl (C=O) groups is 1. The first-order valence-electron chi connectivity index (χ1n) is 5.76. The second kappa shape index (κ2) is 4.29. The summed E-state index contributed by atoms with van der Waals surface area (Å²) in [6, 6.07) is 6.90. The molecule has 1 aromatic carbocycles. The number of aromatic carboxylic acids is 1. The van der Waals surface area contributed by atoms with Gasteiger partial charge in [-0.2, -0.15) is 0 Å². The van der Waals surface area contributed by atoms with E-state index in [1.54, 1.807) is 30.7 Å². The average Bonchev–Trinajstić information content (AvgIpc) is 2.77. The van der Waals surface area contributed by atoms with Crippen molar-refractivity contribution in [1.29, 1.82) is 0 Å². The summed E-state index contributed by atoms with van der Waals surface area (Å²) < 4.78 is 2.04. The third kappa shape index (κ3) is 2.27. The van der Waals surface area contributed by atoms with Gasteiger partial charge in [-0.1, -0.05) is 12.1 Å². The van der Waals surface area contributed by atoms with Crippen molar-refractivity contribution in [2.75, 3.05) is 0 Å². The molecule has 0 amide bonds. The largest absolute Gasteiger partial charge is 0.478 e. The summed E-state index contributed by atoms with van der Waals surface area (Å²) in [5.41, 5.74) is 1.98. The summed E-state index contributed by atoms with van der Waals surface area (Å²) in [6.07, 6.45) is 3.52. The maximum atomic E-state index is 11.0. The lowest BCUT2D eigenvalue weighted by Crippen LogP contribution is -2.21. The minimum atomic E-state index is -0.918. The number of carboxylic acids is 1. The van der Waals surface area contributed by atoms with E-state index in [9.17, 15) is 4.79 Å². The molecule has 0 radical (unpaired) electrons. The van der Waals surface area contributed by atoms with Crippen molar-refractivity contribution >= 4 is 5.97 Å². The van der Waals surface area contributed by atoms with Crippen molar-refractivity contribution < 1.29 is 9.90 Å². The lowest BCUT2D eigenvalue weighted by atomic mass is 10.0. The number of imidazole rings is 1. The number of nitrogens with zero attached hydrogens (tertiary/aromatic N) is 2.